The maximum atomic E-state index is 12.1. The minimum atomic E-state index is -0.877. The highest BCUT2D eigenvalue weighted by molar-refractivity contribution is 6.02. The maximum Gasteiger partial charge on any atom is 0.196 e. The molecule has 27 heavy (non-hydrogen) atoms. The number of nitrogens with zero attached hydrogens (tertiary/aromatic N) is 1. The average Bonchev–Trinajstić information content (AvgIpc) is 3.11. The van der Waals surface area contributed by atoms with Gasteiger partial charge in [-0.25, -0.2) is 0 Å². The molecule has 1 aromatic carbocycles. The number of ketones is 1. The summed E-state index contributed by atoms with van der Waals surface area (Å²) in [6.07, 6.45) is 12.0. The molecular formula is C23H31NO3. The molecular weight excluding hydrogens is 338 g/mol. The second-order valence-corrected chi connectivity index (χ2v) is 7.66. The highest BCUT2D eigenvalue weighted by atomic mass is 16.5. The van der Waals surface area contributed by atoms with E-state index in [9.17, 15) is 9.90 Å². The van der Waals surface area contributed by atoms with Crippen LogP contribution in [0.3, 0.4) is 0 Å². The quantitative estimate of drug-likeness (QED) is 0.562. The predicted molar refractivity (Wildman–Crippen MR) is 106 cm³/mol. The van der Waals surface area contributed by atoms with Gasteiger partial charge in [0.2, 0.25) is 0 Å². The highest BCUT2D eigenvalue weighted by Gasteiger charge is 2.31. The van der Waals surface area contributed by atoms with Crippen molar-refractivity contribution in [2.45, 2.75) is 83.2 Å². The third-order valence-corrected chi connectivity index (χ3v) is 5.50. The molecule has 1 aliphatic carbocycles. The molecule has 1 unspecified atom stereocenters. The van der Waals surface area contributed by atoms with Crippen LogP contribution in [-0.4, -0.2) is 22.2 Å². The van der Waals surface area contributed by atoms with Crippen molar-refractivity contribution in [1.29, 1.82) is 0 Å². The molecule has 0 amide bonds. The first-order chi connectivity index (χ1) is 13.3. The molecule has 4 nitrogen and oxygen atoms in total. The number of unbranched alkanes of at least 4 members (excludes halogenated alkanes) is 7. The third kappa shape index (κ3) is 5.77. The van der Waals surface area contributed by atoms with E-state index in [4.69, 9.17) is 4.52 Å². The van der Waals surface area contributed by atoms with E-state index < -0.39 is 6.10 Å². The monoisotopic (exact) mass is 369 g/mol. The van der Waals surface area contributed by atoms with Gasteiger partial charge in [-0.2, -0.15) is 0 Å². The molecule has 0 spiro atoms. The van der Waals surface area contributed by atoms with Gasteiger partial charge in [0.15, 0.2) is 5.78 Å². The summed E-state index contributed by atoms with van der Waals surface area (Å²) < 4.78 is 5.29. The maximum absolute atomic E-state index is 12.1. The first kappa shape index (κ1) is 19.8. The van der Waals surface area contributed by atoms with Gasteiger partial charge in [0, 0.05) is 6.42 Å². The lowest BCUT2D eigenvalue weighted by atomic mass is 9.91. The van der Waals surface area contributed by atoms with Crippen molar-refractivity contribution >= 4 is 5.78 Å². The van der Waals surface area contributed by atoms with Crippen molar-refractivity contribution in [3.8, 4) is 0 Å². The second-order valence-electron chi connectivity index (χ2n) is 7.66. The molecule has 1 atom stereocenters. The summed E-state index contributed by atoms with van der Waals surface area (Å²) in [5.74, 6) is 0.457. The number of Topliss-reactive ketones (excluding diaryl/α,β-unsaturated/α-hetero) is 1. The van der Waals surface area contributed by atoms with Gasteiger partial charge >= 0.3 is 0 Å². The topological polar surface area (TPSA) is 63.3 Å². The molecule has 1 aromatic heterocycles. The van der Waals surface area contributed by atoms with Gasteiger partial charge in [0.05, 0.1) is 11.3 Å². The number of benzene rings is 1. The largest absolute Gasteiger partial charge is 0.385 e. The second kappa shape index (κ2) is 10.4. The Morgan fingerprint density at radius 2 is 1.56 bits per heavy atom. The first-order valence-corrected chi connectivity index (χ1v) is 10.5. The van der Waals surface area contributed by atoms with Crippen molar-refractivity contribution < 1.29 is 14.4 Å². The number of aliphatic hydroxyl groups is 1. The molecule has 0 saturated carbocycles. The fraction of sp³-hybridized carbons (Fsp3) is 0.565. The number of rotatable bonds is 11. The van der Waals surface area contributed by atoms with Gasteiger partial charge in [0.25, 0.3) is 0 Å². The first-order valence-electron chi connectivity index (χ1n) is 10.5. The lowest BCUT2D eigenvalue weighted by molar-refractivity contribution is 0.0703. The number of aryl methyl sites for hydroxylation is 3. The minimum Gasteiger partial charge on any atom is -0.385 e. The molecule has 1 aliphatic rings. The Morgan fingerprint density at radius 3 is 2.26 bits per heavy atom. The van der Waals surface area contributed by atoms with Crippen molar-refractivity contribution in [3.05, 3.63) is 52.9 Å². The Morgan fingerprint density at radius 1 is 0.926 bits per heavy atom. The number of aliphatic hydroxyl groups excluding tert-OH is 1. The van der Waals surface area contributed by atoms with Crippen LogP contribution in [0.25, 0.3) is 0 Å². The van der Waals surface area contributed by atoms with E-state index in [2.05, 4.69) is 35.5 Å². The van der Waals surface area contributed by atoms with E-state index in [1.54, 1.807) is 0 Å². The lowest BCUT2D eigenvalue weighted by Crippen LogP contribution is -2.27. The predicted octanol–water partition coefficient (Wildman–Crippen LogP) is 5.07. The van der Waals surface area contributed by atoms with Crippen LogP contribution in [0.5, 0.6) is 0 Å². The van der Waals surface area contributed by atoms with E-state index >= 15 is 0 Å². The molecule has 1 N–H and O–H groups in total. The zero-order valence-electron chi connectivity index (χ0n) is 16.2. The molecule has 0 fully saturated rings. The van der Waals surface area contributed by atoms with Gasteiger partial charge in [-0.05, 0) is 37.7 Å². The van der Waals surface area contributed by atoms with Crippen LogP contribution in [-0.2, 0) is 19.3 Å². The zero-order valence-corrected chi connectivity index (χ0v) is 16.2. The number of aromatic nitrogens is 1. The minimum absolute atomic E-state index is 0.206. The van der Waals surface area contributed by atoms with Crippen LogP contribution >= 0.6 is 0 Å². The van der Waals surface area contributed by atoms with Crippen LogP contribution < -0.4 is 0 Å². The van der Waals surface area contributed by atoms with Gasteiger partial charge in [0.1, 0.15) is 11.9 Å². The molecule has 1 heterocycles. The van der Waals surface area contributed by atoms with Gasteiger partial charge < -0.3 is 9.63 Å². The molecule has 2 aromatic rings. The summed E-state index contributed by atoms with van der Waals surface area (Å²) in [7, 11) is 0. The normalized spacial score (nSPS) is 16.5. The standard InChI is InChI=1S/C23H31NO3/c25-20-16-17-21-22(23(20)26)19(24-27-21)15-11-6-4-2-1-3-5-8-12-18-13-9-7-10-14-18/h7,9-10,13-14,20,25H,1-6,8,11-12,15-17H2. The Balaban J connectivity index is 1.23. The summed E-state index contributed by atoms with van der Waals surface area (Å²) in [4.78, 5) is 12.1. The Hall–Kier alpha value is -1.94. The summed E-state index contributed by atoms with van der Waals surface area (Å²) in [6, 6.07) is 10.7. The van der Waals surface area contributed by atoms with Crippen molar-refractivity contribution in [1.82, 2.24) is 5.16 Å². The van der Waals surface area contributed by atoms with Crippen LogP contribution in [0.1, 0.15) is 85.2 Å². The van der Waals surface area contributed by atoms with E-state index in [0.717, 1.165) is 25.0 Å². The van der Waals surface area contributed by atoms with E-state index in [-0.39, 0.29) is 5.78 Å². The smallest absolute Gasteiger partial charge is 0.196 e. The molecule has 0 saturated heterocycles. The molecule has 4 heteroatoms. The fourth-order valence-corrected chi connectivity index (χ4v) is 3.88. The summed E-state index contributed by atoms with van der Waals surface area (Å²) >= 11 is 0. The summed E-state index contributed by atoms with van der Waals surface area (Å²) in [5, 5.41) is 13.8. The fourth-order valence-electron chi connectivity index (χ4n) is 3.88. The average molecular weight is 370 g/mol. The SMILES string of the molecule is O=C1c2c(CCCCCCCCCCc3ccccc3)noc2CCC1O. The number of carbonyl (C=O) groups excluding carboxylic acids is 1. The van der Waals surface area contributed by atoms with Crippen LogP contribution in [0.15, 0.2) is 34.9 Å². The molecule has 146 valence electrons. The molecule has 0 bridgehead atoms. The number of hydrogen-bond acceptors (Lipinski definition) is 4. The Labute approximate surface area is 162 Å². The lowest BCUT2D eigenvalue weighted by Gasteiger charge is -2.14. The van der Waals surface area contributed by atoms with Crippen molar-refractivity contribution in [2.24, 2.45) is 0 Å². The van der Waals surface area contributed by atoms with E-state index in [1.165, 1.54) is 50.5 Å². The van der Waals surface area contributed by atoms with Gasteiger partial charge in [-0.1, -0.05) is 74.0 Å². The third-order valence-electron chi connectivity index (χ3n) is 5.50. The highest BCUT2D eigenvalue weighted by Crippen LogP contribution is 2.26. The number of fused-ring (bicyclic) bond motifs is 1. The van der Waals surface area contributed by atoms with Gasteiger partial charge in [-0.15, -0.1) is 0 Å². The molecule has 0 aliphatic heterocycles. The van der Waals surface area contributed by atoms with E-state index in [1.807, 2.05) is 0 Å². The van der Waals surface area contributed by atoms with Crippen LogP contribution in [0.2, 0.25) is 0 Å². The summed E-state index contributed by atoms with van der Waals surface area (Å²) in [6.45, 7) is 0. The van der Waals surface area contributed by atoms with Gasteiger partial charge in [-0.3, -0.25) is 4.79 Å². The van der Waals surface area contributed by atoms with Crippen molar-refractivity contribution in [3.63, 3.8) is 0 Å². The van der Waals surface area contributed by atoms with E-state index in [0.29, 0.717) is 24.2 Å². The molecule has 0 radical (unpaired) electrons. The number of hydrogen-bond donors (Lipinski definition) is 1. The molecule has 3 rings (SSSR count). The van der Waals surface area contributed by atoms with Crippen molar-refractivity contribution in [2.75, 3.05) is 0 Å². The summed E-state index contributed by atoms with van der Waals surface area (Å²) in [5.41, 5.74) is 2.75. The zero-order chi connectivity index (χ0) is 18.9. The van der Waals surface area contributed by atoms with Crippen LogP contribution in [0.4, 0.5) is 0 Å². The Bertz CT molecular complexity index is 708. The Kier molecular flexibility index (Phi) is 7.64. The number of carbonyl (C=O) groups is 1. The van der Waals surface area contributed by atoms with Crippen LogP contribution in [0, 0.1) is 0 Å².